The van der Waals surface area contributed by atoms with E-state index >= 15 is 0 Å². The Kier molecular flexibility index (Phi) is 3.87. The summed E-state index contributed by atoms with van der Waals surface area (Å²) >= 11 is 0. The summed E-state index contributed by atoms with van der Waals surface area (Å²) in [5.41, 5.74) is 2.41. The van der Waals surface area contributed by atoms with Crippen molar-refractivity contribution in [1.29, 1.82) is 0 Å². The SMILES string of the molecule is CCC/C=C/[Si](C)(C)C. The van der Waals surface area contributed by atoms with Gasteiger partial charge in [0.05, 0.1) is 8.07 Å². The zero-order valence-corrected chi connectivity index (χ0v) is 8.07. The predicted molar refractivity (Wildman–Crippen MR) is 47.4 cm³/mol. The van der Waals surface area contributed by atoms with E-state index in [4.69, 9.17) is 0 Å². The minimum absolute atomic E-state index is 0.875. The summed E-state index contributed by atoms with van der Waals surface area (Å²) in [6, 6.07) is 0. The molecule has 0 atom stereocenters. The summed E-state index contributed by atoms with van der Waals surface area (Å²) in [5.74, 6) is 0. The van der Waals surface area contributed by atoms with Crippen LogP contribution in [-0.2, 0) is 0 Å². The highest BCUT2D eigenvalue weighted by Crippen LogP contribution is 2.02. The van der Waals surface area contributed by atoms with Crippen molar-refractivity contribution >= 4 is 8.07 Å². The summed E-state index contributed by atoms with van der Waals surface area (Å²) in [4.78, 5) is 0. The molecular formula is C8H18Si. The van der Waals surface area contributed by atoms with E-state index in [0.717, 1.165) is 0 Å². The fraction of sp³-hybridized carbons (Fsp3) is 0.750. The standard InChI is InChI=1S/C8H18Si/c1-5-6-7-8-9(2,3)4/h7-8H,5-6H2,1-4H3/b8-7+. The van der Waals surface area contributed by atoms with E-state index in [1.165, 1.54) is 12.8 Å². The van der Waals surface area contributed by atoms with Crippen LogP contribution in [0.2, 0.25) is 19.6 Å². The Labute approximate surface area is 60.0 Å². The molecule has 0 aromatic rings. The molecule has 0 radical (unpaired) electrons. The zero-order chi connectivity index (χ0) is 7.33. The number of unbranched alkanes of at least 4 members (excludes halogenated alkanes) is 1. The van der Waals surface area contributed by atoms with E-state index in [0.29, 0.717) is 0 Å². The van der Waals surface area contributed by atoms with Crippen LogP contribution in [0.1, 0.15) is 19.8 Å². The minimum atomic E-state index is -0.875. The van der Waals surface area contributed by atoms with Crippen molar-refractivity contribution in [3.8, 4) is 0 Å². The normalized spacial score (nSPS) is 12.9. The number of allylic oxidation sites excluding steroid dienone is 1. The van der Waals surface area contributed by atoms with E-state index in [1.807, 2.05) is 0 Å². The first-order valence-corrected chi connectivity index (χ1v) is 7.31. The summed E-state index contributed by atoms with van der Waals surface area (Å²) in [5, 5.41) is 0. The molecular weight excluding hydrogens is 124 g/mol. The summed E-state index contributed by atoms with van der Waals surface area (Å²) < 4.78 is 0. The molecule has 0 saturated heterocycles. The molecule has 1 heteroatoms. The average molecular weight is 142 g/mol. The summed E-state index contributed by atoms with van der Waals surface area (Å²) in [6.07, 6.45) is 4.86. The van der Waals surface area contributed by atoms with Gasteiger partial charge in [0, 0.05) is 0 Å². The molecule has 0 saturated carbocycles. The Morgan fingerprint density at radius 2 is 1.78 bits per heavy atom. The third kappa shape index (κ3) is 7.96. The van der Waals surface area contributed by atoms with Gasteiger partial charge in [-0.1, -0.05) is 44.8 Å². The summed E-state index contributed by atoms with van der Waals surface area (Å²) in [6.45, 7) is 9.30. The van der Waals surface area contributed by atoms with Crippen molar-refractivity contribution in [1.82, 2.24) is 0 Å². The largest absolute Gasteiger partial charge is 0.0989 e. The van der Waals surface area contributed by atoms with Gasteiger partial charge in [-0.15, -0.1) is 0 Å². The monoisotopic (exact) mass is 142 g/mol. The Balaban J connectivity index is 3.45. The van der Waals surface area contributed by atoms with E-state index in [9.17, 15) is 0 Å². The van der Waals surface area contributed by atoms with Gasteiger partial charge in [0.15, 0.2) is 0 Å². The van der Waals surface area contributed by atoms with Gasteiger partial charge in [-0.05, 0) is 6.42 Å². The Bertz CT molecular complexity index is 87.2. The molecule has 0 spiro atoms. The van der Waals surface area contributed by atoms with Crippen molar-refractivity contribution < 1.29 is 0 Å². The predicted octanol–water partition coefficient (Wildman–Crippen LogP) is 3.22. The molecule has 0 unspecified atom stereocenters. The smallest absolute Gasteiger partial charge is 0.0682 e. The van der Waals surface area contributed by atoms with Crippen molar-refractivity contribution in [2.24, 2.45) is 0 Å². The van der Waals surface area contributed by atoms with E-state index < -0.39 is 8.07 Å². The first-order chi connectivity index (χ1) is 4.06. The van der Waals surface area contributed by atoms with Gasteiger partial charge in [0.25, 0.3) is 0 Å². The van der Waals surface area contributed by atoms with Crippen LogP contribution in [0.25, 0.3) is 0 Å². The van der Waals surface area contributed by atoms with Crippen LogP contribution in [0.15, 0.2) is 11.8 Å². The number of rotatable bonds is 3. The maximum absolute atomic E-state index is 2.41. The third-order valence-corrected chi connectivity index (χ3v) is 2.31. The quantitative estimate of drug-likeness (QED) is 0.531. The average Bonchev–Trinajstić information content (AvgIpc) is 1.63. The molecule has 0 rings (SSSR count). The van der Waals surface area contributed by atoms with Crippen molar-refractivity contribution in [2.75, 3.05) is 0 Å². The van der Waals surface area contributed by atoms with Gasteiger partial charge >= 0.3 is 0 Å². The lowest BCUT2D eigenvalue weighted by atomic mass is 10.3. The molecule has 9 heavy (non-hydrogen) atoms. The molecule has 0 aliphatic rings. The van der Waals surface area contributed by atoms with E-state index in [-0.39, 0.29) is 0 Å². The van der Waals surface area contributed by atoms with Gasteiger partial charge < -0.3 is 0 Å². The second kappa shape index (κ2) is 3.88. The molecule has 54 valence electrons. The lowest BCUT2D eigenvalue weighted by molar-refractivity contribution is 0.959. The Hall–Kier alpha value is -0.0431. The second-order valence-corrected chi connectivity index (χ2v) is 8.62. The van der Waals surface area contributed by atoms with Crippen LogP contribution in [0, 0.1) is 0 Å². The first kappa shape index (κ1) is 8.96. The highest BCUT2D eigenvalue weighted by atomic mass is 28.3. The van der Waals surface area contributed by atoms with Crippen LogP contribution in [0.5, 0.6) is 0 Å². The van der Waals surface area contributed by atoms with Gasteiger partial charge in [0.1, 0.15) is 0 Å². The maximum Gasteiger partial charge on any atom is 0.0682 e. The Morgan fingerprint density at radius 1 is 1.22 bits per heavy atom. The lowest BCUT2D eigenvalue weighted by Gasteiger charge is -2.07. The summed E-state index contributed by atoms with van der Waals surface area (Å²) in [7, 11) is -0.875. The highest BCUT2D eigenvalue weighted by molar-refractivity contribution is 6.80. The van der Waals surface area contributed by atoms with Crippen molar-refractivity contribution in [3.63, 3.8) is 0 Å². The molecule has 0 aromatic carbocycles. The molecule has 0 N–H and O–H groups in total. The number of hydrogen-bond donors (Lipinski definition) is 0. The molecule has 0 amide bonds. The molecule has 0 bridgehead atoms. The van der Waals surface area contributed by atoms with Crippen LogP contribution < -0.4 is 0 Å². The van der Waals surface area contributed by atoms with Crippen LogP contribution >= 0.6 is 0 Å². The first-order valence-electron chi connectivity index (χ1n) is 3.74. The zero-order valence-electron chi connectivity index (χ0n) is 7.07. The lowest BCUT2D eigenvalue weighted by Crippen LogP contribution is -2.15. The fourth-order valence-corrected chi connectivity index (χ4v) is 1.48. The van der Waals surface area contributed by atoms with Crippen LogP contribution in [0.3, 0.4) is 0 Å². The van der Waals surface area contributed by atoms with Crippen LogP contribution in [-0.4, -0.2) is 8.07 Å². The van der Waals surface area contributed by atoms with Crippen LogP contribution in [0.4, 0.5) is 0 Å². The van der Waals surface area contributed by atoms with Gasteiger partial charge in [-0.3, -0.25) is 0 Å². The second-order valence-electron chi connectivity index (χ2n) is 3.56. The topological polar surface area (TPSA) is 0 Å². The molecule has 0 nitrogen and oxygen atoms in total. The molecule has 0 aliphatic carbocycles. The third-order valence-electron chi connectivity index (χ3n) is 1.07. The number of hydrogen-bond acceptors (Lipinski definition) is 0. The molecule has 0 aromatic heterocycles. The van der Waals surface area contributed by atoms with E-state index in [2.05, 4.69) is 38.3 Å². The maximum atomic E-state index is 2.41. The highest BCUT2D eigenvalue weighted by Gasteiger charge is 2.05. The van der Waals surface area contributed by atoms with Gasteiger partial charge in [0.2, 0.25) is 0 Å². The van der Waals surface area contributed by atoms with E-state index in [1.54, 1.807) is 0 Å². The fourth-order valence-electron chi connectivity index (χ4n) is 0.604. The van der Waals surface area contributed by atoms with Gasteiger partial charge in [-0.25, -0.2) is 0 Å². The van der Waals surface area contributed by atoms with Crippen molar-refractivity contribution in [3.05, 3.63) is 11.8 Å². The molecule has 0 heterocycles. The van der Waals surface area contributed by atoms with Gasteiger partial charge in [-0.2, -0.15) is 0 Å². The minimum Gasteiger partial charge on any atom is -0.0989 e. The molecule has 0 fully saturated rings. The van der Waals surface area contributed by atoms with Crippen molar-refractivity contribution in [2.45, 2.75) is 39.4 Å². The Morgan fingerprint density at radius 3 is 2.11 bits per heavy atom. The molecule has 0 aliphatic heterocycles.